The van der Waals surface area contributed by atoms with Crippen LogP contribution in [0.3, 0.4) is 0 Å². The first-order valence-corrected chi connectivity index (χ1v) is 5.67. The number of alkyl halides is 3. The van der Waals surface area contributed by atoms with Crippen LogP contribution >= 0.6 is 22.6 Å². The third-order valence-corrected chi connectivity index (χ3v) is 2.40. The molecule has 17 heavy (non-hydrogen) atoms. The molecule has 0 aliphatic rings. The second-order valence-electron chi connectivity index (χ2n) is 3.32. The fourth-order valence-corrected chi connectivity index (χ4v) is 1.74. The lowest BCUT2D eigenvalue weighted by atomic mass is 10.2. The molecule has 0 saturated heterocycles. The molecule has 0 atom stereocenters. The van der Waals surface area contributed by atoms with Crippen LogP contribution in [0.15, 0.2) is 18.2 Å². The minimum atomic E-state index is -4.37. The Labute approximate surface area is 109 Å². The van der Waals surface area contributed by atoms with Gasteiger partial charge in [-0.05, 0) is 40.8 Å². The smallest absolute Gasteiger partial charge is 0.326 e. The second-order valence-corrected chi connectivity index (χ2v) is 4.57. The molecule has 1 aromatic rings. The zero-order chi connectivity index (χ0) is 13.1. The molecular formula is C10H8F4INO. The van der Waals surface area contributed by atoms with Gasteiger partial charge in [0.25, 0.3) is 0 Å². The van der Waals surface area contributed by atoms with Crippen molar-refractivity contribution in [3.63, 3.8) is 0 Å². The normalized spacial score (nSPS) is 11.4. The van der Waals surface area contributed by atoms with Gasteiger partial charge in [0.2, 0.25) is 5.91 Å². The van der Waals surface area contributed by atoms with Crippen molar-refractivity contribution in [1.29, 1.82) is 0 Å². The standard InChI is InChI=1S/C10H8F4INO/c11-6-3-7(15)5-8(4-6)16-9(17)1-2-10(12,13)14/h3-5H,1-2H2,(H,16,17). The van der Waals surface area contributed by atoms with Gasteiger partial charge in [0.05, 0.1) is 6.42 Å². The Morgan fingerprint density at radius 2 is 1.94 bits per heavy atom. The molecule has 0 unspecified atom stereocenters. The highest BCUT2D eigenvalue weighted by Crippen LogP contribution is 2.22. The molecule has 0 saturated carbocycles. The molecule has 0 fully saturated rings. The number of halogens is 5. The summed E-state index contributed by atoms with van der Waals surface area (Å²) in [4.78, 5) is 11.1. The topological polar surface area (TPSA) is 29.1 Å². The van der Waals surface area contributed by atoms with Gasteiger partial charge in [0, 0.05) is 15.7 Å². The summed E-state index contributed by atoms with van der Waals surface area (Å²) >= 11 is 1.84. The maximum absolute atomic E-state index is 12.9. The maximum atomic E-state index is 12.9. The highest BCUT2D eigenvalue weighted by Gasteiger charge is 2.27. The second kappa shape index (κ2) is 5.65. The van der Waals surface area contributed by atoms with E-state index in [0.29, 0.717) is 3.57 Å². The lowest BCUT2D eigenvalue weighted by Gasteiger charge is -2.07. The SMILES string of the molecule is O=C(CCC(F)(F)F)Nc1cc(F)cc(I)c1. The number of hydrogen-bond donors (Lipinski definition) is 1. The fraction of sp³-hybridized carbons (Fsp3) is 0.300. The minimum Gasteiger partial charge on any atom is -0.326 e. The van der Waals surface area contributed by atoms with Crippen molar-refractivity contribution >= 4 is 34.2 Å². The van der Waals surface area contributed by atoms with Crippen molar-refractivity contribution in [1.82, 2.24) is 0 Å². The zero-order valence-electron chi connectivity index (χ0n) is 8.44. The van der Waals surface area contributed by atoms with Crippen LogP contribution in [0, 0.1) is 9.39 Å². The Bertz CT molecular complexity index is 399. The maximum Gasteiger partial charge on any atom is 0.389 e. The molecule has 7 heteroatoms. The number of carbonyl (C=O) groups excluding carboxylic acids is 1. The molecule has 0 heterocycles. The largest absolute Gasteiger partial charge is 0.389 e. The van der Waals surface area contributed by atoms with Crippen molar-refractivity contribution in [2.75, 3.05) is 5.32 Å². The molecule has 0 radical (unpaired) electrons. The van der Waals surface area contributed by atoms with Gasteiger partial charge in [0.15, 0.2) is 0 Å². The van der Waals surface area contributed by atoms with Crippen LogP contribution in [-0.4, -0.2) is 12.1 Å². The minimum absolute atomic E-state index is 0.154. The van der Waals surface area contributed by atoms with E-state index in [1.807, 2.05) is 22.6 Å². The first kappa shape index (κ1) is 14.2. The first-order chi connectivity index (χ1) is 7.76. The van der Waals surface area contributed by atoms with Crippen LogP contribution in [-0.2, 0) is 4.79 Å². The predicted octanol–water partition coefficient (Wildman–Crippen LogP) is 3.71. The summed E-state index contributed by atoms with van der Waals surface area (Å²) in [6.07, 6.45) is -6.23. The van der Waals surface area contributed by atoms with E-state index in [9.17, 15) is 22.4 Å². The fourth-order valence-electron chi connectivity index (χ4n) is 1.10. The first-order valence-electron chi connectivity index (χ1n) is 4.59. The number of anilines is 1. The van der Waals surface area contributed by atoms with Gasteiger partial charge < -0.3 is 5.32 Å². The van der Waals surface area contributed by atoms with Crippen molar-refractivity contribution < 1.29 is 22.4 Å². The van der Waals surface area contributed by atoms with Gasteiger partial charge in [-0.15, -0.1) is 0 Å². The van der Waals surface area contributed by atoms with Gasteiger partial charge in [-0.2, -0.15) is 13.2 Å². The van der Waals surface area contributed by atoms with Crippen molar-refractivity contribution in [3.05, 3.63) is 27.6 Å². The molecule has 0 spiro atoms. The van der Waals surface area contributed by atoms with Gasteiger partial charge in [-0.25, -0.2) is 4.39 Å². The molecule has 0 bridgehead atoms. The number of carbonyl (C=O) groups is 1. The van der Waals surface area contributed by atoms with Crippen LogP contribution in [0.2, 0.25) is 0 Å². The van der Waals surface area contributed by atoms with E-state index in [0.717, 1.165) is 6.07 Å². The summed E-state index contributed by atoms with van der Waals surface area (Å²) < 4.78 is 49.0. The summed E-state index contributed by atoms with van der Waals surface area (Å²) in [5.74, 6) is -1.34. The molecule has 1 N–H and O–H groups in total. The van der Waals surface area contributed by atoms with Gasteiger partial charge >= 0.3 is 6.18 Å². The number of benzene rings is 1. The summed E-state index contributed by atoms with van der Waals surface area (Å²) in [6, 6.07) is 3.76. The molecule has 1 rings (SSSR count). The van der Waals surface area contributed by atoms with Crippen LogP contribution in [0.25, 0.3) is 0 Å². The Balaban J connectivity index is 2.56. The molecule has 2 nitrogen and oxygen atoms in total. The van der Waals surface area contributed by atoms with Crippen molar-refractivity contribution in [2.45, 2.75) is 19.0 Å². The van der Waals surface area contributed by atoms with E-state index in [1.54, 1.807) is 0 Å². The van der Waals surface area contributed by atoms with Crippen LogP contribution < -0.4 is 5.32 Å². The van der Waals surface area contributed by atoms with Crippen LogP contribution in [0.1, 0.15) is 12.8 Å². The van der Waals surface area contributed by atoms with E-state index < -0.39 is 30.7 Å². The summed E-state index contributed by atoms with van der Waals surface area (Å²) in [6.45, 7) is 0. The lowest BCUT2D eigenvalue weighted by Crippen LogP contribution is -2.16. The van der Waals surface area contributed by atoms with E-state index >= 15 is 0 Å². The number of rotatable bonds is 3. The van der Waals surface area contributed by atoms with Crippen molar-refractivity contribution in [2.24, 2.45) is 0 Å². The average molecular weight is 361 g/mol. The third-order valence-electron chi connectivity index (χ3n) is 1.78. The van der Waals surface area contributed by atoms with E-state index in [4.69, 9.17) is 0 Å². The van der Waals surface area contributed by atoms with Gasteiger partial charge in [0.1, 0.15) is 5.82 Å². The van der Waals surface area contributed by atoms with Crippen LogP contribution in [0.4, 0.5) is 23.2 Å². The summed E-state index contributed by atoms with van der Waals surface area (Å²) in [7, 11) is 0. The highest BCUT2D eigenvalue weighted by atomic mass is 127. The quantitative estimate of drug-likeness (QED) is 0.646. The number of nitrogens with one attached hydrogen (secondary N) is 1. The monoisotopic (exact) mass is 361 g/mol. The molecular weight excluding hydrogens is 353 g/mol. The van der Waals surface area contributed by atoms with Crippen LogP contribution in [0.5, 0.6) is 0 Å². The van der Waals surface area contributed by atoms with E-state index in [2.05, 4.69) is 5.32 Å². The lowest BCUT2D eigenvalue weighted by molar-refractivity contribution is -0.142. The molecule has 0 aliphatic carbocycles. The van der Waals surface area contributed by atoms with Gasteiger partial charge in [-0.1, -0.05) is 0 Å². The average Bonchev–Trinajstić information content (AvgIpc) is 2.11. The highest BCUT2D eigenvalue weighted by molar-refractivity contribution is 14.1. The zero-order valence-corrected chi connectivity index (χ0v) is 10.6. The van der Waals surface area contributed by atoms with E-state index in [-0.39, 0.29) is 5.69 Å². The van der Waals surface area contributed by atoms with E-state index in [1.165, 1.54) is 12.1 Å². The Morgan fingerprint density at radius 3 is 2.47 bits per heavy atom. The number of amides is 1. The van der Waals surface area contributed by atoms with Gasteiger partial charge in [-0.3, -0.25) is 4.79 Å². The molecule has 1 amide bonds. The van der Waals surface area contributed by atoms with Crippen molar-refractivity contribution in [3.8, 4) is 0 Å². The molecule has 1 aromatic carbocycles. The Kier molecular flexibility index (Phi) is 4.72. The summed E-state index contributed by atoms with van der Waals surface area (Å²) in [5, 5.41) is 2.21. The molecule has 0 aliphatic heterocycles. The molecule has 0 aromatic heterocycles. The third kappa shape index (κ3) is 5.85. The predicted molar refractivity (Wildman–Crippen MR) is 63.0 cm³/mol. The Morgan fingerprint density at radius 1 is 1.29 bits per heavy atom. The Hall–Kier alpha value is -0.860. The number of hydrogen-bond acceptors (Lipinski definition) is 1. The molecule has 94 valence electrons. The summed E-state index contributed by atoms with van der Waals surface area (Å²) in [5.41, 5.74) is 0.154.